The molecule has 3 atom stereocenters. The van der Waals surface area contributed by atoms with Crippen molar-refractivity contribution in [3.8, 4) is 6.07 Å². The molecule has 2 aliphatic rings. The fourth-order valence-electron chi connectivity index (χ4n) is 3.81. The number of rotatable bonds is 6. The van der Waals surface area contributed by atoms with Gasteiger partial charge in [0, 0.05) is 18.6 Å². The Morgan fingerprint density at radius 1 is 1.30 bits per heavy atom. The summed E-state index contributed by atoms with van der Waals surface area (Å²) in [6.07, 6.45) is 6.12. The van der Waals surface area contributed by atoms with Crippen LogP contribution in [0.5, 0.6) is 0 Å². The van der Waals surface area contributed by atoms with Gasteiger partial charge in [0.05, 0.1) is 6.07 Å². The summed E-state index contributed by atoms with van der Waals surface area (Å²) in [5, 5.41) is 12.6. The second-order valence-electron chi connectivity index (χ2n) is 6.72. The lowest BCUT2D eigenvalue weighted by Crippen LogP contribution is -2.42. The van der Waals surface area contributed by atoms with Crippen LogP contribution in [0.2, 0.25) is 0 Å². The average molecular weight is 278 g/mol. The van der Waals surface area contributed by atoms with Crippen LogP contribution >= 0.6 is 0 Å². The third-order valence-corrected chi connectivity index (χ3v) is 5.20. The van der Waals surface area contributed by atoms with Gasteiger partial charge in [-0.3, -0.25) is 10.2 Å². The summed E-state index contributed by atoms with van der Waals surface area (Å²) in [5.41, 5.74) is -0.351. The van der Waals surface area contributed by atoms with Crippen LogP contribution in [0.15, 0.2) is 0 Å². The third-order valence-electron chi connectivity index (χ3n) is 5.20. The molecular formula is C16H30N4. The van der Waals surface area contributed by atoms with Crippen molar-refractivity contribution in [1.29, 1.82) is 5.26 Å². The molecule has 2 bridgehead atoms. The molecule has 0 spiro atoms. The van der Waals surface area contributed by atoms with Gasteiger partial charge in [-0.15, -0.1) is 0 Å². The van der Waals surface area contributed by atoms with Crippen LogP contribution in [0.1, 0.15) is 46.0 Å². The van der Waals surface area contributed by atoms with Crippen LogP contribution in [0.25, 0.3) is 0 Å². The van der Waals surface area contributed by atoms with E-state index in [0.717, 1.165) is 38.0 Å². The zero-order chi connectivity index (χ0) is 14.6. The fraction of sp³-hybridized carbons (Fsp3) is 0.938. The molecule has 114 valence electrons. The SMILES string of the molecule is CCNC(C)(C#N)CCCN1CCC2CCC(C1)N2C. The van der Waals surface area contributed by atoms with Gasteiger partial charge in [0.15, 0.2) is 0 Å². The highest BCUT2D eigenvalue weighted by Crippen LogP contribution is 2.28. The number of likely N-dealkylation sites (tertiary alicyclic amines) is 1. The first kappa shape index (κ1) is 15.8. The van der Waals surface area contributed by atoms with Crippen LogP contribution < -0.4 is 5.32 Å². The normalized spacial score (nSPS) is 30.7. The standard InChI is InChI=1S/C16H30N4/c1-4-18-16(2,13-17)9-5-10-20-11-8-14-6-7-15(12-20)19(14)3/h14-15,18H,4-12H2,1-3H3. The van der Waals surface area contributed by atoms with Crippen LogP contribution in [-0.4, -0.2) is 60.6 Å². The molecule has 4 heteroatoms. The number of nitrogens with zero attached hydrogens (tertiary/aromatic N) is 3. The average Bonchev–Trinajstić information content (AvgIpc) is 2.67. The van der Waals surface area contributed by atoms with E-state index < -0.39 is 0 Å². The minimum atomic E-state index is -0.351. The van der Waals surface area contributed by atoms with Crippen LogP contribution in [0.3, 0.4) is 0 Å². The molecule has 0 aromatic heterocycles. The number of hydrogen-bond donors (Lipinski definition) is 1. The Balaban J connectivity index is 1.76. The van der Waals surface area contributed by atoms with Gasteiger partial charge < -0.3 is 4.90 Å². The van der Waals surface area contributed by atoms with Gasteiger partial charge in [-0.25, -0.2) is 0 Å². The van der Waals surface area contributed by atoms with Crippen molar-refractivity contribution in [1.82, 2.24) is 15.1 Å². The maximum Gasteiger partial charge on any atom is 0.103 e. The zero-order valence-electron chi connectivity index (χ0n) is 13.4. The molecule has 3 unspecified atom stereocenters. The summed E-state index contributed by atoms with van der Waals surface area (Å²) < 4.78 is 0. The highest BCUT2D eigenvalue weighted by atomic mass is 15.3. The molecule has 2 heterocycles. The summed E-state index contributed by atoms with van der Waals surface area (Å²) in [4.78, 5) is 5.21. The molecule has 0 aromatic carbocycles. The van der Waals surface area contributed by atoms with Gasteiger partial charge in [-0.2, -0.15) is 5.26 Å². The number of likely N-dealkylation sites (N-methyl/N-ethyl adjacent to an activating group) is 1. The molecule has 2 saturated heterocycles. The molecule has 4 nitrogen and oxygen atoms in total. The van der Waals surface area contributed by atoms with Gasteiger partial charge in [0.1, 0.15) is 5.54 Å². The Labute approximate surface area is 124 Å². The second kappa shape index (κ2) is 6.89. The number of nitrogens with one attached hydrogen (secondary N) is 1. The van der Waals surface area contributed by atoms with E-state index in [1.54, 1.807) is 0 Å². The molecular weight excluding hydrogens is 248 g/mol. The minimum absolute atomic E-state index is 0.351. The van der Waals surface area contributed by atoms with Crippen molar-refractivity contribution in [2.45, 2.75) is 63.6 Å². The first-order valence-corrected chi connectivity index (χ1v) is 8.18. The first-order chi connectivity index (χ1) is 9.58. The van der Waals surface area contributed by atoms with Crippen molar-refractivity contribution in [2.24, 2.45) is 0 Å². The third kappa shape index (κ3) is 3.72. The summed E-state index contributed by atoms with van der Waals surface area (Å²) in [7, 11) is 2.30. The van der Waals surface area contributed by atoms with Gasteiger partial charge in [-0.05, 0) is 65.7 Å². The first-order valence-electron chi connectivity index (χ1n) is 8.18. The number of fused-ring (bicyclic) bond motifs is 2. The van der Waals surface area contributed by atoms with Crippen molar-refractivity contribution >= 4 is 0 Å². The highest BCUT2D eigenvalue weighted by molar-refractivity contribution is 5.03. The monoisotopic (exact) mass is 278 g/mol. The van der Waals surface area contributed by atoms with Crippen molar-refractivity contribution < 1.29 is 0 Å². The Bertz CT molecular complexity index is 351. The van der Waals surface area contributed by atoms with E-state index in [-0.39, 0.29) is 5.54 Å². The number of hydrogen-bond acceptors (Lipinski definition) is 4. The van der Waals surface area contributed by atoms with E-state index in [1.807, 2.05) is 6.92 Å². The molecule has 0 aromatic rings. The second-order valence-corrected chi connectivity index (χ2v) is 6.72. The Kier molecular flexibility index (Phi) is 5.42. The van der Waals surface area contributed by atoms with Crippen LogP contribution in [-0.2, 0) is 0 Å². The quantitative estimate of drug-likeness (QED) is 0.805. The highest BCUT2D eigenvalue weighted by Gasteiger charge is 2.34. The van der Waals surface area contributed by atoms with E-state index in [0.29, 0.717) is 0 Å². The summed E-state index contributed by atoms with van der Waals surface area (Å²) in [6, 6.07) is 4.00. The molecule has 0 saturated carbocycles. The molecule has 0 radical (unpaired) electrons. The maximum absolute atomic E-state index is 9.29. The lowest BCUT2D eigenvalue weighted by Gasteiger charge is -2.27. The van der Waals surface area contributed by atoms with E-state index in [2.05, 4.69) is 35.2 Å². The van der Waals surface area contributed by atoms with Gasteiger partial charge >= 0.3 is 0 Å². The Morgan fingerprint density at radius 3 is 2.75 bits per heavy atom. The fourth-order valence-corrected chi connectivity index (χ4v) is 3.81. The predicted octanol–water partition coefficient (Wildman–Crippen LogP) is 1.83. The van der Waals surface area contributed by atoms with Gasteiger partial charge in [-0.1, -0.05) is 6.92 Å². The minimum Gasteiger partial charge on any atom is -0.302 e. The molecule has 0 amide bonds. The molecule has 1 N–H and O–H groups in total. The topological polar surface area (TPSA) is 42.3 Å². The van der Waals surface area contributed by atoms with Gasteiger partial charge in [0.2, 0.25) is 0 Å². The smallest absolute Gasteiger partial charge is 0.103 e. The molecule has 20 heavy (non-hydrogen) atoms. The molecule has 2 rings (SSSR count). The van der Waals surface area contributed by atoms with Gasteiger partial charge in [0.25, 0.3) is 0 Å². The lowest BCUT2D eigenvalue weighted by molar-refractivity contribution is 0.213. The Hall–Kier alpha value is -0.630. The lowest BCUT2D eigenvalue weighted by atomic mass is 9.97. The van der Waals surface area contributed by atoms with Crippen LogP contribution in [0.4, 0.5) is 0 Å². The van der Waals surface area contributed by atoms with Crippen molar-refractivity contribution in [3.05, 3.63) is 0 Å². The van der Waals surface area contributed by atoms with Crippen molar-refractivity contribution in [3.63, 3.8) is 0 Å². The number of nitriles is 1. The van der Waals surface area contributed by atoms with E-state index in [1.165, 1.54) is 32.4 Å². The van der Waals surface area contributed by atoms with Crippen molar-refractivity contribution in [2.75, 3.05) is 33.2 Å². The molecule has 2 fully saturated rings. The van der Waals surface area contributed by atoms with E-state index in [9.17, 15) is 5.26 Å². The Morgan fingerprint density at radius 2 is 2.05 bits per heavy atom. The predicted molar refractivity (Wildman–Crippen MR) is 82.6 cm³/mol. The van der Waals surface area contributed by atoms with E-state index in [4.69, 9.17) is 0 Å². The summed E-state index contributed by atoms with van der Waals surface area (Å²) >= 11 is 0. The summed E-state index contributed by atoms with van der Waals surface area (Å²) in [6.45, 7) is 8.54. The largest absolute Gasteiger partial charge is 0.302 e. The zero-order valence-corrected chi connectivity index (χ0v) is 13.4. The maximum atomic E-state index is 9.29. The molecule has 2 aliphatic heterocycles. The van der Waals surface area contributed by atoms with E-state index >= 15 is 0 Å². The van der Waals surface area contributed by atoms with Crippen LogP contribution in [0, 0.1) is 11.3 Å². The molecule has 0 aliphatic carbocycles. The summed E-state index contributed by atoms with van der Waals surface area (Å²) in [5.74, 6) is 0.